The molecule has 0 saturated carbocycles. The zero-order valence-corrected chi connectivity index (χ0v) is 11.4. The lowest BCUT2D eigenvalue weighted by Crippen LogP contribution is -2.48. The number of hydrogen-bond donors (Lipinski definition) is 3. The Morgan fingerprint density at radius 1 is 1.47 bits per heavy atom. The number of anilines is 2. The van der Waals surface area contributed by atoms with Crippen molar-refractivity contribution in [1.82, 2.24) is 5.32 Å². The molecule has 104 valence electrons. The van der Waals surface area contributed by atoms with Gasteiger partial charge in [0.15, 0.2) is 0 Å². The number of rotatable bonds is 5. The zero-order valence-electron chi connectivity index (χ0n) is 11.4. The van der Waals surface area contributed by atoms with Crippen LogP contribution in [0.5, 0.6) is 0 Å². The Bertz CT molecular complexity index is 436. The molecule has 2 atom stereocenters. The van der Waals surface area contributed by atoms with Gasteiger partial charge in [0.05, 0.1) is 11.4 Å². The van der Waals surface area contributed by atoms with Gasteiger partial charge in [0.25, 0.3) is 0 Å². The molecule has 5 nitrogen and oxygen atoms in total. The van der Waals surface area contributed by atoms with Crippen molar-refractivity contribution < 1.29 is 9.53 Å². The average Bonchev–Trinajstić information content (AvgIpc) is 2.44. The summed E-state index contributed by atoms with van der Waals surface area (Å²) in [6.07, 6.45) is 0.818. The molecule has 0 saturated heterocycles. The number of carbonyl (C=O) groups excluding carboxylic acids is 1. The fourth-order valence-electron chi connectivity index (χ4n) is 2.08. The molecule has 1 aromatic rings. The van der Waals surface area contributed by atoms with Gasteiger partial charge in [-0.1, -0.05) is 12.1 Å². The Balaban J connectivity index is 1.88. The molecule has 1 aliphatic heterocycles. The molecule has 0 bridgehead atoms. The second-order valence-electron chi connectivity index (χ2n) is 4.81. The molecule has 5 heteroatoms. The predicted octanol–water partition coefficient (Wildman–Crippen LogP) is 1.43. The topological polar surface area (TPSA) is 62.4 Å². The van der Waals surface area contributed by atoms with Crippen LogP contribution in [0.15, 0.2) is 24.3 Å². The molecular weight excluding hydrogens is 242 g/mol. The van der Waals surface area contributed by atoms with Gasteiger partial charge in [-0.05, 0) is 25.5 Å². The number of methoxy groups -OCH3 is 1. The molecule has 1 aliphatic rings. The van der Waals surface area contributed by atoms with E-state index in [9.17, 15) is 4.79 Å². The summed E-state index contributed by atoms with van der Waals surface area (Å²) in [5.41, 5.74) is 2.01. The summed E-state index contributed by atoms with van der Waals surface area (Å²) in [5.74, 6) is 0.0191. The molecule has 0 spiro atoms. The van der Waals surface area contributed by atoms with E-state index in [-0.39, 0.29) is 18.0 Å². The van der Waals surface area contributed by atoms with E-state index in [1.165, 1.54) is 0 Å². The van der Waals surface area contributed by atoms with Crippen LogP contribution in [0.4, 0.5) is 11.4 Å². The van der Waals surface area contributed by atoms with Gasteiger partial charge in [-0.25, -0.2) is 0 Å². The van der Waals surface area contributed by atoms with Gasteiger partial charge in [-0.2, -0.15) is 0 Å². The standard InChI is InChI=1S/C14H21N3O2/c1-10(7-8-19-2)16-14(18)13-9-15-11-5-3-4-6-12(11)17-13/h3-6,10,13,15,17H,7-9H2,1-2H3,(H,16,18). The normalized spacial score (nSPS) is 18.7. The molecule has 19 heavy (non-hydrogen) atoms. The van der Waals surface area contributed by atoms with Crippen LogP contribution in [0, 0.1) is 0 Å². The van der Waals surface area contributed by atoms with Crippen molar-refractivity contribution in [1.29, 1.82) is 0 Å². The number of fused-ring (bicyclic) bond motifs is 1. The lowest BCUT2D eigenvalue weighted by Gasteiger charge is -2.28. The molecule has 1 aromatic carbocycles. The summed E-state index contributed by atoms with van der Waals surface area (Å²) in [6, 6.07) is 7.77. The summed E-state index contributed by atoms with van der Waals surface area (Å²) in [7, 11) is 1.66. The molecule has 2 rings (SSSR count). The van der Waals surface area contributed by atoms with Crippen LogP contribution in [-0.4, -0.2) is 38.3 Å². The Hall–Kier alpha value is -1.75. The Labute approximate surface area is 113 Å². The summed E-state index contributed by atoms with van der Waals surface area (Å²) in [5, 5.41) is 9.51. The highest BCUT2D eigenvalue weighted by molar-refractivity contribution is 5.88. The fourth-order valence-corrected chi connectivity index (χ4v) is 2.08. The third-order valence-corrected chi connectivity index (χ3v) is 3.21. The van der Waals surface area contributed by atoms with E-state index in [2.05, 4.69) is 16.0 Å². The quantitative estimate of drug-likeness (QED) is 0.752. The van der Waals surface area contributed by atoms with Gasteiger partial charge < -0.3 is 20.7 Å². The lowest BCUT2D eigenvalue weighted by atomic mass is 10.1. The van der Waals surface area contributed by atoms with E-state index in [0.717, 1.165) is 17.8 Å². The third kappa shape index (κ3) is 3.61. The average molecular weight is 263 g/mol. The monoisotopic (exact) mass is 263 g/mol. The summed E-state index contributed by atoms with van der Waals surface area (Å²) < 4.78 is 5.01. The molecular formula is C14H21N3O2. The van der Waals surface area contributed by atoms with Crippen molar-refractivity contribution in [2.75, 3.05) is 30.9 Å². The molecule has 0 fully saturated rings. The van der Waals surface area contributed by atoms with Crippen LogP contribution in [0.25, 0.3) is 0 Å². The highest BCUT2D eigenvalue weighted by atomic mass is 16.5. The van der Waals surface area contributed by atoms with E-state index >= 15 is 0 Å². The number of amides is 1. The zero-order chi connectivity index (χ0) is 13.7. The maximum absolute atomic E-state index is 12.1. The number of benzene rings is 1. The van der Waals surface area contributed by atoms with Crippen LogP contribution in [-0.2, 0) is 9.53 Å². The SMILES string of the molecule is COCCC(C)NC(=O)C1CNc2ccccc2N1. The van der Waals surface area contributed by atoms with Gasteiger partial charge in [0, 0.05) is 26.3 Å². The first kappa shape index (κ1) is 13.7. The van der Waals surface area contributed by atoms with Crippen LogP contribution < -0.4 is 16.0 Å². The summed E-state index contributed by atoms with van der Waals surface area (Å²) in [4.78, 5) is 12.1. The van der Waals surface area contributed by atoms with E-state index < -0.39 is 0 Å². The molecule has 3 N–H and O–H groups in total. The van der Waals surface area contributed by atoms with Gasteiger partial charge in [-0.3, -0.25) is 4.79 Å². The van der Waals surface area contributed by atoms with Crippen LogP contribution in [0.2, 0.25) is 0 Å². The third-order valence-electron chi connectivity index (χ3n) is 3.21. The minimum absolute atomic E-state index is 0.0191. The number of para-hydroxylation sites is 2. The maximum atomic E-state index is 12.1. The first-order valence-corrected chi connectivity index (χ1v) is 6.59. The molecule has 1 heterocycles. The Morgan fingerprint density at radius 3 is 2.95 bits per heavy atom. The van der Waals surface area contributed by atoms with E-state index in [4.69, 9.17) is 4.74 Å². The van der Waals surface area contributed by atoms with E-state index in [1.54, 1.807) is 7.11 Å². The summed E-state index contributed by atoms with van der Waals surface area (Å²) in [6.45, 7) is 3.24. The molecule has 0 aromatic heterocycles. The fraction of sp³-hybridized carbons (Fsp3) is 0.500. The van der Waals surface area contributed by atoms with E-state index in [1.807, 2.05) is 31.2 Å². The minimum atomic E-state index is -0.236. The summed E-state index contributed by atoms with van der Waals surface area (Å²) >= 11 is 0. The minimum Gasteiger partial charge on any atom is -0.385 e. The van der Waals surface area contributed by atoms with Gasteiger partial charge in [-0.15, -0.1) is 0 Å². The first-order valence-electron chi connectivity index (χ1n) is 6.59. The van der Waals surface area contributed by atoms with Crippen molar-refractivity contribution in [2.45, 2.75) is 25.4 Å². The van der Waals surface area contributed by atoms with Crippen LogP contribution in [0.1, 0.15) is 13.3 Å². The number of nitrogens with one attached hydrogen (secondary N) is 3. The smallest absolute Gasteiger partial charge is 0.244 e. The highest BCUT2D eigenvalue weighted by Crippen LogP contribution is 2.25. The second kappa shape index (κ2) is 6.43. The maximum Gasteiger partial charge on any atom is 0.244 e. The van der Waals surface area contributed by atoms with Gasteiger partial charge in [0.1, 0.15) is 6.04 Å². The second-order valence-corrected chi connectivity index (χ2v) is 4.81. The van der Waals surface area contributed by atoms with Crippen LogP contribution >= 0.6 is 0 Å². The van der Waals surface area contributed by atoms with Crippen LogP contribution in [0.3, 0.4) is 0 Å². The lowest BCUT2D eigenvalue weighted by molar-refractivity contribution is -0.122. The Morgan fingerprint density at radius 2 is 2.21 bits per heavy atom. The largest absolute Gasteiger partial charge is 0.385 e. The Kier molecular flexibility index (Phi) is 4.63. The van der Waals surface area contributed by atoms with Crippen molar-refractivity contribution in [3.63, 3.8) is 0 Å². The molecule has 0 aliphatic carbocycles. The van der Waals surface area contributed by atoms with Crippen molar-refractivity contribution >= 4 is 17.3 Å². The molecule has 1 amide bonds. The van der Waals surface area contributed by atoms with Crippen molar-refractivity contribution in [3.05, 3.63) is 24.3 Å². The first-order chi connectivity index (χ1) is 9.20. The number of hydrogen-bond acceptors (Lipinski definition) is 4. The molecule has 0 radical (unpaired) electrons. The van der Waals surface area contributed by atoms with Crippen molar-refractivity contribution in [3.8, 4) is 0 Å². The highest BCUT2D eigenvalue weighted by Gasteiger charge is 2.24. The predicted molar refractivity (Wildman–Crippen MR) is 76.4 cm³/mol. The van der Waals surface area contributed by atoms with E-state index in [0.29, 0.717) is 13.2 Å². The molecule has 2 unspecified atom stereocenters. The van der Waals surface area contributed by atoms with Crippen molar-refractivity contribution in [2.24, 2.45) is 0 Å². The number of ether oxygens (including phenoxy) is 1. The van der Waals surface area contributed by atoms with Gasteiger partial charge in [0.2, 0.25) is 5.91 Å². The van der Waals surface area contributed by atoms with Gasteiger partial charge >= 0.3 is 0 Å². The number of carbonyl (C=O) groups is 1.